The normalized spacial score (nSPS) is 11.7. The molecule has 0 aliphatic carbocycles. The fraction of sp³-hybridized carbons (Fsp3) is 0. The second kappa shape index (κ2) is 13.4. The van der Waals surface area contributed by atoms with Crippen molar-refractivity contribution in [2.24, 2.45) is 0 Å². The Labute approximate surface area is 343 Å². The summed E-state index contributed by atoms with van der Waals surface area (Å²) < 4.78 is 0. The third kappa shape index (κ3) is 5.40. The van der Waals surface area contributed by atoms with Crippen LogP contribution in [0.4, 0.5) is 17.1 Å². The van der Waals surface area contributed by atoms with Crippen LogP contribution in [0.5, 0.6) is 0 Å². The van der Waals surface area contributed by atoms with E-state index in [1.54, 1.807) is 0 Å². The van der Waals surface area contributed by atoms with Crippen LogP contribution in [0.25, 0.3) is 98.0 Å². The Balaban J connectivity index is 1.03. The molecular weight excluding hydrogens is 711 g/mol. The van der Waals surface area contributed by atoms with Crippen LogP contribution in [0, 0.1) is 0 Å². The first kappa shape index (κ1) is 33.4. The van der Waals surface area contributed by atoms with Crippen molar-refractivity contribution >= 4 is 81.7 Å². The number of nitrogens with zero attached hydrogens (tertiary/aromatic N) is 1. The zero-order chi connectivity index (χ0) is 38.9. The van der Waals surface area contributed by atoms with Gasteiger partial charge in [0, 0.05) is 17.1 Å². The standard InChI is InChI=1S/C58H37N/c1-3-12-38(13-4-1)39-28-32-47(33-29-39)59(46-17-5-2-6-18-46)48-34-30-40(31-35-48)49-19-7-8-20-50(49)45-36-44-27-26-43-15-10-22-52-51-21-9-14-41-24-25-42-16-11-23-53(57(42)55(41)51)54(37-45)58(44)56(43)52/h1-37H. The zero-order valence-corrected chi connectivity index (χ0v) is 32.3. The van der Waals surface area contributed by atoms with Gasteiger partial charge in [-0.25, -0.2) is 0 Å². The lowest BCUT2D eigenvalue weighted by Crippen LogP contribution is -2.09. The molecule has 0 fully saturated rings. The Morgan fingerprint density at radius 1 is 0.220 bits per heavy atom. The molecule has 12 rings (SSSR count). The van der Waals surface area contributed by atoms with Crippen molar-refractivity contribution in [2.45, 2.75) is 0 Å². The molecule has 1 nitrogen and oxygen atoms in total. The first-order valence-corrected chi connectivity index (χ1v) is 20.4. The van der Waals surface area contributed by atoms with Gasteiger partial charge in [0.15, 0.2) is 0 Å². The van der Waals surface area contributed by atoms with Crippen LogP contribution in [-0.2, 0) is 0 Å². The molecule has 0 saturated heterocycles. The summed E-state index contributed by atoms with van der Waals surface area (Å²) in [7, 11) is 0. The van der Waals surface area contributed by atoms with Crippen LogP contribution in [0.15, 0.2) is 224 Å². The van der Waals surface area contributed by atoms with Crippen LogP contribution >= 0.6 is 0 Å². The quantitative estimate of drug-likeness (QED) is 0.153. The van der Waals surface area contributed by atoms with Crippen LogP contribution in [0.3, 0.4) is 0 Å². The molecule has 0 heterocycles. The minimum absolute atomic E-state index is 1.11. The van der Waals surface area contributed by atoms with Crippen LogP contribution in [-0.4, -0.2) is 0 Å². The van der Waals surface area contributed by atoms with Gasteiger partial charge in [-0.15, -0.1) is 0 Å². The third-order valence-electron chi connectivity index (χ3n) is 12.3. The van der Waals surface area contributed by atoms with Gasteiger partial charge in [0.25, 0.3) is 0 Å². The summed E-state index contributed by atoms with van der Waals surface area (Å²) >= 11 is 0. The highest BCUT2D eigenvalue weighted by molar-refractivity contribution is 6.37. The monoisotopic (exact) mass is 747 g/mol. The second-order valence-electron chi connectivity index (χ2n) is 15.6. The molecule has 0 radical (unpaired) electrons. The van der Waals surface area contributed by atoms with Crippen LogP contribution in [0.1, 0.15) is 0 Å². The summed E-state index contributed by atoms with van der Waals surface area (Å²) in [4.78, 5) is 2.34. The van der Waals surface area contributed by atoms with Gasteiger partial charge in [0.1, 0.15) is 0 Å². The highest BCUT2D eigenvalue weighted by Crippen LogP contribution is 2.46. The largest absolute Gasteiger partial charge is 0.311 e. The predicted molar refractivity (Wildman–Crippen MR) is 254 cm³/mol. The summed E-state index contributed by atoms with van der Waals surface area (Å²) in [5, 5.41) is 15.5. The zero-order valence-electron chi connectivity index (χ0n) is 32.3. The van der Waals surface area contributed by atoms with E-state index >= 15 is 0 Å². The van der Waals surface area contributed by atoms with E-state index in [0.29, 0.717) is 0 Å². The van der Waals surface area contributed by atoms with Crippen LogP contribution in [0.2, 0.25) is 0 Å². The third-order valence-corrected chi connectivity index (χ3v) is 12.3. The molecule has 0 amide bonds. The molecule has 0 aliphatic rings. The van der Waals surface area contributed by atoms with Crippen molar-refractivity contribution in [3.05, 3.63) is 224 Å². The molecule has 0 aromatic heterocycles. The van der Waals surface area contributed by atoms with Gasteiger partial charge < -0.3 is 4.90 Å². The first-order valence-electron chi connectivity index (χ1n) is 20.4. The van der Waals surface area contributed by atoms with Crippen molar-refractivity contribution < 1.29 is 0 Å². The highest BCUT2D eigenvalue weighted by Gasteiger charge is 2.18. The number of benzene rings is 11. The highest BCUT2D eigenvalue weighted by atomic mass is 15.1. The fourth-order valence-corrected chi connectivity index (χ4v) is 9.67. The van der Waals surface area contributed by atoms with Gasteiger partial charge in [0.2, 0.25) is 0 Å². The smallest absolute Gasteiger partial charge is 0.0462 e. The number of hydrogen-bond acceptors (Lipinski definition) is 1. The van der Waals surface area contributed by atoms with Crippen molar-refractivity contribution in [1.29, 1.82) is 0 Å². The maximum atomic E-state index is 2.46. The molecule has 12 aromatic carbocycles. The maximum Gasteiger partial charge on any atom is 0.0462 e. The lowest BCUT2D eigenvalue weighted by molar-refractivity contribution is 1.28. The SMILES string of the molecule is c1ccc(-c2ccc(N(c3ccccc3)c3ccc(-c4ccccc4-c4cc5ccc6cccc7c8cccc9ccc%10cccc(c(c4)c5c67)c%10c98)cc3)cc2)cc1. The molecule has 0 aliphatic heterocycles. The van der Waals surface area contributed by atoms with E-state index in [9.17, 15) is 0 Å². The van der Waals surface area contributed by atoms with Crippen molar-refractivity contribution in [2.75, 3.05) is 4.90 Å². The predicted octanol–water partition coefficient (Wildman–Crippen LogP) is 16.5. The van der Waals surface area contributed by atoms with E-state index in [2.05, 4.69) is 229 Å². The molecule has 1 heteroatoms. The fourth-order valence-electron chi connectivity index (χ4n) is 9.67. The molecular formula is C58H37N. The lowest BCUT2D eigenvalue weighted by Gasteiger charge is -2.26. The molecule has 59 heavy (non-hydrogen) atoms. The Kier molecular flexibility index (Phi) is 7.61. The number of para-hydroxylation sites is 1. The molecule has 0 atom stereocenters. The van der Waals surface area contributed by atoms with Gasteiger partial charge in [-0.1, -0.05) is 176 Å². The van der Waals surface area contributed by atoms with Gasteiger partial charge in [-0.2, -0.15) is 0 Å². The van der Waals surface area contributed by atoms with E-state index in [4.69, 9.17) is 0 Å². The van der Waals surface area contributed by atoms with Crippen LogP contribution < -0.4 is 4.90 Å². The minimum Gasteiger partial charge on any atom is -0.311 e. The second-order valence-corrected chi connectivity index (χ2v) is 15.6. The van der Waals surface area contributed by atoms with E-state index in [1.165, 1.54) is 98.0 Å². The minimum atomic E-state index is 1.11. The van der Waals surface area contributed by atoms with Crippen molar-refractivity contribution in [3.8, 4) is 33.4 Å². The van der Waals surface area contributed by atoms with E-state index in [0.717, 1.165) is 17.1 Å². The number of hydrogen-bond donors (Lipinski definition) is 0. The summed E-state index contributed by atoms with van der Waals surface area (Å²) in [6.45, 7) is 0. The summed E-state index contributed by atoms with van der Waals surface area (Å²) in [5.41, 5.74) is 10.6. The molecule has 0 spiro atoms. The molecule has 0 saturated carbocycles. The summed E-state index contributed by atoms with van der Waals surface area (Å²) in [5.74, 6) is 0. The molecule has 0 bridgehead atoms. The average molecular weight is 748 g/mol. The Morgan fingerprint density at radius 3 is 1.19 bits per heavy atom. The number of fused-ring (bicyclic) bond motifs is 2. The van der Waals surface area contributed by atoms with E-state index in [-0.39, 0.29) is 0 Å². The first-order chi connectivity index (χ1) is 29.3. The molecule has 0 unspecified atom stereocenters. The van der Waals surface area contributed by atoms with Gasteiger partial charge in [-0.05, 0) is 147 Å². The van der Waals surface area contributed by atoms with E-state index < -0.39 is 0 Å². The van der Waals surface area contributed by atoms with Gasteiger partial charge in [-0.3, -0.25) is 0 Å². The maximum absolute atomic E-state index is 2.46. The average Bonchev–Trinajstić information content (AvgIpc) is 3.31. The van der Waals surface area contributed by atoms with E-state index in [1.807, 2.05) is 0 Å². The summed E-state index contributed by atoms with van der Waals surface area (Å²) in [6.07, 6.45) is 0. The van der Waals surface area contributed by atoms with Crippen molar-refractivity contribution in [3.63, 3.8) is 0 Å². The topological polar surface area (TPSA) is 3.24 Å². The Morgan fingerprint density at radius 2 is 0.627 bits per heavy atom. The molecule has 274 valence electrons. The summed E-state index contributed by atoms with van der Waals surface area (Å²) in [6, 6.07) is 82.5. The molecule has 12 aromatic rings. The molecule has 0 N–H and O–H groups in total. The van der Waals surface area contributed by atoms with Crippen molar-refractivity contribution in [1.82, 2.24) is 0 Å². The lowest BCUT2D eigenvalue weighted by atomic mass is 9.85. The number of anilines is 3. The Hall–Kier alpha value is -7.74. The van der Waals surface area contributed by atoms with Gasteiger partial charge in [0.05, 0.1) is 0 Å². The van der Waals surface area contributed by atoms with Gasteiger partial charge >= 0.3 is 0 Å². The number of rotatable bonds is 6. The Bertz CT molecular complexity index is 3510.